The summed E-state index contributed by atoms with van der Waals surface area (Å²) >= 11 is 17.2. The molecule has 0 radical (unpaired) electrons. The molecule has 1 aromatic carbocycles. The minimum atomic E-state index is -0.430. The van der Waals surface area contributed by atoms with Crippen molar-refractivity contribution in [2.24, 2.45) is 0 Å². The minimum absolute atomic E-state index is 0.430. The molecule has 106 valence electrons. The van der Waals surface area contributed by atoms with Crippen molar-refractivity contribution >= 4 is 46.2 Å². The normalized spacial score (nSPS) is 12.1. The largest absolute Gasteiger partial charge is 0.392 e. The Bertz CT molecular complexity index is 441. The van der Waals surface area contributed by atoms with Gasteiger partial charge in [-0.1, -0.05) is 30.1 Å². The predicted octanol–water partition coefficient (Wildman–Crippen LogP) is 3.78. The van der Waals surface area contributed by atoms with E-state index >= 15 is 0 Å². The van der Waals surface area contributed by atoms with E-state index in [9.17, 15) is 5.11 Å². The molecule has 0 saturated carbocycles. The lowest BCUT2D eigenvalue weighted by Gasteiger charge is -2.26. The topological polar surface area (TPSA) is 35.5 Å². The van der Waals surface area contributed by atoms with Gasteiger partial charge in [-0.05, 0) is 43.8 Å². The summed E-state index contributed by atoms with van der Waals surface area (Å²) in [5, 5.41) is 14.1. The van der Waals surface area contributed by atoms with Gasteiger partial charge in [0.05, 0.1) is 16.1 Å². The molecule has 0 fully saturated rings. The van der Waals surface area contributed by atoms with E-state index in [-0.39, 0.29) is 0 Å². The van der Waals surface area contributed by atoms with Gasteiger partial charge in [-0.2, -0.15) is 0 Å². The van der Waals surface area contributed by atoms with Crippen LogP contribution in [0.3, 0.4) is 0 Å². The molecule has 0 saturated heterocycles. The van der Waals surface area contributed by atoms with Crippen LogP contribution in [0.2, 0.25) is 10.0 Å². The molecular formula is C13H18Cl2N2OS. The van der Waals surface area contributed by atoms with Crippen molar-refractivity contribution in [2.45, 2.75) is 26.4 Å². The Labute approximate surface area is 129 Å². The first-order valence-electron chi connectivity index (χ1n) is 6.13. The average molecular weight is 321 g/mol. The number of aliphatic hydroxyl groups is 1. The van der Waals surface area contributed by atoms with E-state index in [2.05, 4.69) is 12.2 Å². The van der Waals surface area contributed by atoms with E-state index in [1.54, 1.807) is 19.1 Å². The zero-order valence-electron chi connectivity index (χ0n) is 11.0. The highest BCUT2D eigenvalue weighted by molar-refractivity contribution is 7.80. The van der Waals surface area contributed by atoms with E-state index in [0.717, 1.165) is 18.7 Å². The SMILES string of the molecule is CCCN(CC(C)O)C(=S)Nc1ccc(Cl)c(Cl)c1. The quantitative estimate of drug-likeness (QED) is 0.809. The molecule has 0 aliphatic rings. The lowest BCUT2D eigenvalue weighted by molar-refractivity contribution is 0.160. The van der Waals surface area contributed by atoms with Crippen LogP contribution in [-0.4, -0.2) is 34.3 Å². The third-order valence-electron chi connectivity index (χ3n) is 2.44. The smallest absolute Gasteiger partial charge is 0.173 e. The van der Waals surface area contributed by atoms with Gasteiger partial charge in [-0.15, -0.1) is 0 Å². The summed E-state index contributed by atoms with van der Waals surface area (Å²) in [4.78, 5) is 1.93. The number of thiocarbonyl (C=S) groups is 1. The standard InChI is InChI=1S/C13H18Cl2N2OS/c1-3-6-17(8-9(2)18)13(19)16-10-4-5-11(14)12(15)7-10/h4-5,7,9,18H,3,6,8H2,1-2H3,(H,16,19). The minimum Gasteiger partial charge on any atom is -0.392 e. The van der Waals surface area contributed by atoms with Gasteiger partial charge in [0.15, 0.2) is 5.11 Å². The fraction of sp³-hybridized carbons (Fsp3) is 0.462. The van der Waals surface area contributed by atoms with Gasteiger partial charge in [0.1, 0.15) is 0 Å². The van der Waals surface area contributed by atoms with Gasteiger partial charge in [0.25, 0.3) is 0 Å². The average Bonchev–Trinajstić information content (AvgIpc) is 2.33. The molecule has 0 aromatic heterocycles. The molecule has 1 rings (SSSR count). The Balaban J connectivity index is 2.72. The van der Waals surface area contributed by atoms with E-state index < -0.39 is 6.10 Å². The number of hydrogen-bond acceptors (Lipinski definition) is 2. The van der Waals surface area contributed by atoms with Crippen LogP contribution in [0.1, 0.15) is 20.3 Å². The van der Waals surface area contributed by atoms with Crippen LogP contribution in [-0.2, 0) is 0 Å². The highest BCUT2D eigenvalue weighted by Gasteiger charge is 2.11. The second-order valence-corrected chi connectivity index (χ2v) is 5.56. The Morgan fingerprint density at radius 3 is 2.63 bits per heavy atom. The van der Waals surface area contributed by atoms with Crippen LogP contribution in [0.25, 0.3) is 0 Å². The summed E-state index contributed by atoms with van der Waals surface area (Å²) in [7, 11) is 0. The monoisotopic (exact) mass is 320 g/mol. The van der Waals surface area contributed by atoms with Gasteiger partial charge in [-0.3, -0.25) is 0 Å². The summed E-state index contributed by atoms with van der Waals surface area (Å²) in [6.45, 7) is 5.10. The number of aliphatic hydroxyl groups excluding tert-OH is 1. The maximum Gasteiger partial charge on any atom is 0.173 e. The summed E-state index contributed by atoms with van der Waals surface area (Å²) in [5.41, 5.74) is 0.783. The van der Waals surface area contributed by atoms with Crippen LogP contribution in [0, 0.1) is 0 Å². The van der Waals surface area contributed by atoms with Crippen molar-refractivity contribution in [1.29, 1.82) is 0 Å². The highest BCUT2D eigenvalue weighted by atomic mass is 35.5. The van der Waals surface area contributed by atoms with Crippen molar-refractivity contribution in [2.75, 3.05) is 18.4 Å². The molecule has 6 heteroatoms. The number of benzene rings is 1. The number of nitrogens with zero attached hydrogens (tertiary/aromatic N) is 1. The molecule has 0 heterocycles. The van der Waals surface area contributed by atoms with Gasteiger partial charge in [0, 0.05) is 18.8 Å². The number of anilines is 1. The van der Waals surface area contributed by atoms with Crippen molar-refractivity contribution in [3.63, 3.8) is 0 Å². The molecule has 0 amide bonds. The molecule has 0 spiro atoms. The molecule has 2 N–H and O–H groups in total. The second kappa shape index (κ2) is 7.90. The molecule has 1 unspecified atom stereocenters. The molecule has 0 aliphatic heterocycles. The Morgan fingerprint density at radius 1 is 1.42 bits per heavy atom. The van der Waals surface area contributed by atoms with E-state index in [4.69, 9.17) is 35.4 Å². The van der Waals surface area contributed by atoms with Crippen molar-refractivity contribution in [3.05, 3.63) is 28.2 Å². The fourth-order valence-corrected chi connectivity index (χ4v) is 2.22. The molecule has 3 nitrogen and oxygen atoms in total. The first kappa shape index (κ1) is 16.5. The molecule has 0 aliphatic carbocycles. The fourth-order valence-electron chi connectivity index (χ4n) is 1.64. The predicted molar refractivity (Wildman–Crippen MR) is 86.2 cm³/mol. The van der Waals surface area contributed by atoms with Crippen LogP contribution < -0.4 is 5.32 Å². The van der Waals surface area contributed by atoms with Crippen LogP contribution in [0.15, 0.2) is 18.2 Å². The molecule has 1 atom stereocenters. The van der Waals surface area contributed by atoms with Gasteiger partial charge < -0.3 is 15.3 Å². The summed E-state index contributed by atoms with van der Waals surface area (Å²) in [6.07, 6.45) is 0.524. The molecular weight excluding hydrogens is 303 g/mol. The summed E-state index contributed by atoms with van der Waals surface area (Å²) in [5.74, 6) is 0. The van der Waals surface area contributed by atoms with Gasteiger partial charge in [0.2, 0.25) is 0 Å². The number of rotatable bonds is 5. The lowest BCUT2D eigenvalue weighted by Crippen LogP contribution is -2.39. The number of hydrogen-bond donors (Lipinski definition) is 2. The number of nitrogens with one attached hydrogen (secondary N) is 1. The van der Waals surface area contributed by atoms with Crippen LogP contribution in [0.5, 0.6) is 0 Å². The Kier molecular flexibility index (Phi) is 6.86. The van der Waals surface area contributed by atoms with Crippen LogP contribution in [0.4, 0.5) is 5.69 Å². The van der Waals surface area contributed by atoms with E-state index in [0.29, 0.717) is 21.7 Å². The third kappa shape index (κ3) is 5.53. The van der Waals surface area contributed by atoms with E-state index in [1.807, 2.05) is 11.0 Å². The third-order valence-corrected chi connectivity index (χ3v) is 3.54. The van der Waals surface area contributed by atoms with Gasteiger partial charge in [-0.25, -0.2) is 0 Å². The summed E-state index contributed by atoms with van der Waals surface area (Å²) in [6, 6.07) is 5.25. The zero-order valence-corrected chi connectivity index (χ0v) is 13.3. The van der Waals surface area contributed by atoms with Crippen molar-refractivity contribution < 1.29 is 5.11 Å². The van der Waals surface area contributed by atoms with E-state index in [1.165, 1.54) is 0 Å². The lowest BCUT2D eigenvalue weighted by atomic mass is 10.3. The Morgan fingerprint density at radius 2 is 2.11 bits per heavy atom. The van der Waals surface area contributed by atoms with Crippen molar-refractivity contribution in [3.8, 4) is 0 Å². The highest BCUT2D eigenvalue weighted by Crippen LogP contribution is 2.25. The zero-order chi connectivity index (χ0) is 14.4. The first-order chi connectivity index (χ1) is 8.93. The van der Waals surface area contributed by atoms with Crippen LogP contribution >= 0.6 is 35.4 Å². The molecule has 1 aromatic rings. The summed E-state index contributed by atoms with van der Waals surface area (Å²) < 4.78 is 0. The maximum atomic E-state index is 9.48. The first-order valence-corrected chi connectivity index (χ1v) is 7.29. The molecule has 19 heavy (non-hydrogen) atoms. The second-order valence-electron chi connectivity index (χ2n) is 4.35. The maximum absolute atomic E-state index is 9.48. The number of halogens is 2. The Hall–Kier alpha value is -0.550. The molecule has 0 bridgehead atoms. The van der Waals surface area contributed by atoms with Gasteiger partial charge >= 0.3 is 0 Å². The van der Waals surface area contributed by atoms with Crippen molar-refractivity contribution in [1.82, 2.24) is 4.90 Å².